The third kappa shape index (κ3) is 9.11. The second kappa shape index (κ2) is 16.2. The number of hydrogen-bond donors (Lipinski definition) is 9. The number of anilines is 1. The molecule has 0 aromatic carbocycles. The largest absolute Gasteiger partial charge is 0.481 e. The van der Waals surface area contributed by atoms with Crippen molar-refractivity contribution in [2.75, 3.05) is 18.9 Å². The van der Waals surface area contributed by atoms with Crippen LogP contribution in [0.2, 0.25) is 0 Å². The van der Waals surface area contributed by atoms with E-state index in [1.807, 2.05) is 0 Å². The molecule has 26 nitrogen and oxygen atoms in total. The molecule has 3 aromatic heterocycles. The van der Waals surface area contributed by atoms with Crippen LogP contribution < -0.4 is 11.5 Å². The number of amides is 1. The fourth-order valence-electron chi connectivity index (χ4n) is 5.91. The standard InChI is InChI=1S/C27H33N8O18P3/c28-23-17-25(32-10-31-23)35(11-33-17)27-22(52-54(41,42)43)20(38)16(51-27)9-49-56(46,47)53-55(44,45)48-8-15-19(37)21(39)26(50-15)34-6-3-13(14(7-34)24(29)40)18(36)12-1-4-30-5-2-12/h1-7,10-11,13,15-16,19-22,26-27,37-39H,8-9H2,(H2,29,40)(H,44,45)(H,46,47)(H2,28,31,32)(H2,41,42,43)/t13-,15+,16+,19+,20+,21+,22+,26+,27+/m0/s1. The molecule has 0 spiro atoms. The summed E-state index contributed by atoms with van der Waals surface area (Å²) in [7, 11) is -16.4. The van der Waals surface area contributed by atoms with Crippen LogP contribution in [0.5, 0.6) is 0 Å². The highest BCUT2D eigenvalue weighted by Crippen LogP contribution is 2.61. The quantitative estimate of drug-likeness (QED) is 0.0586. The van der Waals surface area contributed by atoms with Gasteiger partial charge in [0.25, 0.3) is 0 Å². The average molecular weight is 851 g/mol. The molecule has 11 N–H and O–H groups in total. The number of rotatable bonds is 15. The van der Waals surface area contributed by atoms with E-state index in [0.29, 0.717) is 0 Å². The predicted molar refractivity (Wildman–Crippen MR) is 180 cm³/mol. The fraction of sp³-hybridized carbons (Fsp3) is 0.407. The Hall–Kier alpha value is -3.91. The number of nitrogens with two attached hydrogens (primary N) is 2. The number of nitrogens with zero attached hydrogens (tertiary/aromatic N) is 6. The molecule has 29 heteroatoms. The minimum atomic E-state index is -5.59. The molecule has 3 aliphatic heterocycles. The number of phosphoric acid groups is 3. The van der Waals surface area contributed by atoms with Crippen LogP contribution in [-0.4, -0.2) is 132 Å². The lowest BCUT2D eigenvalue weighted by atomic mass is 9.89. The number of phosphoric ester groups is 3. The minimum absolute atomic E-state index is 0.0123. The van der Waals surface area contributed by atoms with Gasteiger partial charge in [-0.3, -0.25) is 32.7 Å². The molecule has 11 atom stereocenters. The van der Waals surface area contributed by atoms with E-state index in [0.717, 1.165) is 28.3 Å². The van der Waals surface area contributed by atoms with Crippen LogP contribution in [0, 0.1) is 5.92 Å². The van der Waals surface area contributed by atoms with Gasteiger partial charge in [0.2, 0.25) is 5.91 Å². The predicted octanol–water partition coefficient (Wildman–Crippen LogP) is -2.07. The van der Waals surface area contributed by atoms with Crippen LogP contribution in [-0.2, 0) is 45.8 Å². The van der Waals surface area contributed by atoms with Gasteiger partial charge in [-0.2, -0.15) is 4.31 Å². The van der Waals surface area contributed by atoms with Crippen molar-refractivity contribution in [3.8, 4) is 0 Å². The molecule has 2 unspecified atom stereocenters. The second-order valence-corrected chi connectivity index (χ2v) is 16.4. The Morgan fingerprint density at radius 2 is 1.50 bits per heavy atom. The summed E-state index contributed by atoms with van der Waals surface area (Å²) in [4.78, 5) is 81.3. The number of nitrogen functional groups attached to an aromatic ring is 1. The van der Waals surface area contributed by atoms with Crippen molar-refractivity contribution in [3.63, 3.8) is 0 Å². The zero-order valence-electron chi connectivity index (χ0n) is 28.1. The molecular weight excluding hydrogens is 817 g/mol. The van der Waals surface area contributed by atoms with Crippen molar-refractivity contribution in [2.45, 2.75) is 49.1 Å². The van der Waals surface area contributed by atoms with Gasteiger partial charge in [-0.1, -0.05) is 6.08 Å². The lowest BCUT2D eigenvalue weighted by Gasteiger charge is -2.31. The Balaban J connectivity index is 1.06. The molecule has 3 aromatic rings. The summed E-state index contributed by atoms with van der Waals surface area (Å²) in [6, 6.07) is 2.87. The van der Waals surface area contributed by atoms with Gasteiger partial charge in [0, 0.05) is 35.9 Å². The maximum Gasteiger partial charge on any atom is 0.481 e. The molecule has 6 rings (SSSR count). The lowest BCUT2D eigenvalue weighted by molar-refractivity contribution is -0.115. The number of ether oxygens (including phenoxy) is 2. The third-order valence-electron chi connectivity index (χ3n) is 8.48. The molecule has 1 amide bonds. The monoisotopic (exact) mass is 850 g/mol. The van der Waals surface area contributed by atoms with Gasteiger partial charge in [-0.25, -0.2) is 28.6 Å². The number of carbonyl (C=O) groups excluding carboxylic acids is 2. The number of aliphatic hydroxyl groups excluding tert-OH is 3. The Morgan fingerprint density at radius 1 is 0.875 bits per heavy atom. The number of Topliss-reactive ketones (excluding diaryl/α,β-unsaturated/α-hetero) is 1. The van der Waals surface area contributed by atoms with Crippen LogP contribution in [0.1, 0.15) is 16.6 Å². The topological polar surface area (TPSA) is 394 Å². The molecule has 2 fully saturated rings. The number of carbonyl (C=O) groups is 2. The summed E-state index contributed by atoms with van der Waals surface area (Å²) in [6.45, 7) is -2.14. The van der Waals surface area contributed by atoms with E-state index in [1.54, 1.807) is 0 Å². The molecular formula is C27H33N8O18P3. The number of aromatic nitrogens is 5. The lowest BCUT2D eigenvalue weighted by Crippen LogP contribution is -2.41. The molecule has 0 aliphatic carbocycles. The molecule has 0 radical (unpaired) electrons. The van der Waals surface area contributed by atoms with Crippen LogP contribution >= 0.6 is 23.5 Å². The van der Waals surface area contributed by atoms with Crippen LogP contribution in [0.25, 0.3) is 11.2 Å². The minimum Gasteiger partial charge on any atom is -0.387 e. The van der Waals surface area contributed by atoms with Crippen molar-refractivity contribution >= 4 is 52.1 Å². The van der Waals surface area contributed by atoms with E-state index >= 15 is 0 Å². The van der Waals surface area contributed by atoms with E-state index in [2.05, 4.69) is 24.2 Å². The van der Waals surface area contributed by atoms with Gasteiger partial charge in [0.05, 0.1) is 25.5 Å². The molecule has 0 bridgehead atoms. The number of primary amides is 1. The zero-order chi connectivity index (χ0) is 40.7. The maximum atomic E-state index is 13.0. The average Bonchev–Trinajstić information content (AvgIpc) is 3.78. The Kier molecular flexibility index (Phi) is 12.0. The Morgan fingerprint density at radius 3 is 2.12 bits per heavy atom. The number of ketones is 1. The number of aliphatic hydroxyl groups is 3. The first kappa shape index (κ1) is 41.7. The fourth-order valence-corrected chi connectivity index (χ4v) is 8.54. The second-order valence-electron chi connectivity index (χ2n) is 12.2. The summed E-state index contributed by atoms with van der Waals surface area (Å²) >= 11 is 0. The van der Waals surface area contributed by atoms with Crippen molar-refractivity contribution in [1.29, 1.82) is 0 Å². The van der Waals surface area contributed by atoms with Crippen molar-refractivity contribution < 1.29 is 85.5 Å². The number of allylic oxidation sites excluding steroid dienone is 1. The molecule has 6 heterocycles. The number of hydrogen-bond acceptors (Lipinski definition) is 20. The first-order chi connectivity index (χ1) is 26.2. The Bertz CT molecular complexity index is 2170. The maximum absolute atomic E-state index is 13.0. The summed E-state index contributed by atoms with van der Waals surface area (Å²) < 4.78 is 67.8. The number of imidazole rings is 1. The van der Waals surface area contributed by atoms with E-state index < -0.39 is 103 Å². The molecule has 3 aliphatic rings. The van der Waals surface area contributed by atoms with E-state index in [-0.39, 0.29) is 28.1 Å². The molecule has 304 valence electrons. The van der Waals surface area contributed by atoms with E-state index in [9.17, 15) is 58.2 Å². The highest BCUT2D eigenvalue weighted by atomic mass is 31.3. The third-order valence-corrected chi connectivity index (χ3v) is 11.6. The zero-order valence-corrected chi connectivity index (χ0v) is 30.8. The summed E-state index contributed by atoms with van der Waals surface area (Å²) in [5.74, 6) is -2.66. The number of pyridine rings is 1. The summed E-state index contributed by atoms with van der Waals surface area (Å²) in [5, 5.41) is 32.1. The highest BCUT2D eigenvalue weighted by Gasteiger charge is 2.51. The number of fused-ring (bicyclic) bond motifs is 1. The van der Waals surface area contributed by atoms with Gasteiger partial charge >= 0.3 is 23.5 Å². The first-order valence-corrected chi connectivity index (χ1v) is 20.4. The van der Waals surface area contributed by atoms with Crippen LogP contribution in [0.3, 0.4) is 0 Å². The van der Waals surface area contributed by atoms with Gasteiger partial charge in [0.15, 0.2) is 29.7 Å². The van der Waals surface area contributed by atoms with Crippen molar-refractivity contribution in [1.82, 2.24) is 29.4 Å². The first-order valence-electron chi connectivity index (χ1n) is 15.8. The van der Waals surface area contributed by atoms with Gasteiger partial charge in [-0.15, -0.1) is 0 Å². The van der Waals surface area contributed by atoms with Crippen LogP contribution in [0.15, 0.2) is 61.2 Å². The molecule has 0 saturated carbocycles. The SMILES string of the molecule is NC(=O)C1=CN([C@@H]2O[C@H](COP(=O)(O)OP(=O)(O)OC[C@H]3O[C@@H](n4cnc5c(N)ncnc54)[C@H](OP(=O)(O)O)[C@@H]3O)[C@@H](O)[C@H]2O)C=C[C@@H]1C(=O)c1ccncc1. The van der Waals surface area contributed by atoms with Gasteiger partial charge in [-0.05, 0) is 12.1 Å². The van der Waals surface area contributed by atoms with Crippen molar-refractivity contribution in [3.05, 3.63) is 66.8 Å². The summed E-state index contributed by atoms with van der Waals surface area (Å²) in [5.41, 5.74) is 11.4. The summed E-state index contributed by atoms with van der Waals surface area (Å²) in [6.07, 6.45) is -5.16. The van der Waals surface area contributed by atoms with E-state index in [1.165, 1.54) is 36.8 Å². The molecule has 56 heavy (non-hydrogen) atoms. The van der Waals surface area contributed by atoms with Crippen LogP contribution in [0.4, 0.5) is 5.82 Å². The Labute approximate surface area is 313 Å². The van der Waals surface area contributed by atoms with E-state index in [4.69, 9.17) is 34.5 Å². The smallest absolute Gasteiger partial charge is 0.387 e. The van der Waals surface area contributed by atoms with Gasteiger partial charge < -0.3 is 60.7 Å². The van der Waals surface area contributed by atoms with Gasteiger partial charge in [0.1, 0.15) is 48.5 Å². The highest BCUT2D eigenvalue weighted by molar-refractivity contribution is 7.61. The molecule has 2 saturated heterocycles. The normalized spacial score (nSPS) is 30.2. The van der Waals surface area contributed by atoms with Crippen molar-refractivity contribution in [2.24, 2.45) is 11.7 Å².